The van der Waals surface area contributed by atoms with Gasteiger partial charge in [0.1, 0.15) is 11.5 Å². The predicted octanol–water partition coefficient (Wildman–Crippen LogP) is 9.90. The Balaban J connectivity index is 0.944. The van der Waals surface area contributed by atoms with Gasteiger partial charge < -0.3 is 13.9 Å². The van der Waals surface area contributed by atoms with Gasteiger partial charge in [0.15, 0.2) is 0 Å². The van der Waals surface area contributed by atoms with E-state index in [0.717, 1.165) is 33.4 Å². The molecular formula is C40H28N4O3. The van der Waals surface area contributed by atoms with Crippen LogP contribution in [0.3, 0.4) is 0 Å². The van der Waals surface area contributed by atoms with E-state index in [2.05, 4.69) is 22.3 Å². The summed E-state index contributed by atoms with van der Waals surface area (Å²) in [6, 6.07) is 50.1. The third-order valence-electron chi connectivity index (χ3n) is 7.58. The largest absolute Gasteiger partial charge is 0.457 e. The predicted molar refractivity (Wildman–Crippen MR) is 184 cm³/mol. The van der Waals surface area contributed by atoms with Gasteiger partial charge in [0.2, 0.25) is 23.6 Å². The molecule has 7 nitrogen and oxygen atoms in total. The van der Waals surface area contributed by atoms with E-state index in [1.807, 2.05) is 121 Å². The number of benzene rings is 6. The summed E-state index contributed by atoms with van der Waals surface area (Å²) < 4.78 is 17.5. The molecule has 0 unspecified atom stereocenters. The molecule has 1 heterocycles. The van der Waals surface area contributed by atoms with E-state index in [9.17, 15) is 0 Å². The summed E-state index contributed by atoms with van der Waals surface area (Å²) in [5.41, 5.74) is 7.15. The Labute approximate surface area is 271 Å². The lowest BCUT2D eigenvalue weighted by molar-refractivity contribution is 0.482. The van der Waals surface area contributed by atoms with Gasteiger partial charge in [0.05, 0.1) is 0 Å². The lowest BCUT2D eigenvalue weighted by Gasteiger charge is -2.10. The molecule has 47 heavy (non-hydrogen) atoms. The molecule has 7 heteroatoms. The molecule has 0 bridgehead atoms. The molecule has 0 radical (unpaired) electrons. The zero-order valence-corrected chi connectivity index (χ0v) is 25.1. The molecule has 0 fully saturated rings. The van der Waals surface area contributed by atoms with Crippen LogP contribution < -0.4 is 4.74 Å². The van der Waals surface area contributed by atoms with Crippen molar-refractivity contribution in [2.24, 2.45) is 0 Å². The van der Waals surface area contributed by atoms with E-state index in [1.165, 1.54) is 0 Å². The summed E-state index contributed by atoms with van der Waals surface area (Å²) in [7, 11) is 0. The fourth-order valence-corrected chi connectivity index (χ4v) is 5.03. The van der Waals surface area contributed by atoms with Crippen LogP contribution >= 0.6 is 0 Å². The van der Waals surface area contributed by atoms with Gasteiger partial charge in [-0.05, 0) is 95.1 Å². The highest BCUT2D eigenvalue weighted by molar-refractivity contribution is 6.04. The first-order valence-electron chi connectivity index (χ1n) is 15.0. The molecule has 0 aliphatic rings. The maximum absolute atomic E-state index is 8.36. The fourth-order valence-electron chi connectivity index (χ4n) is 5.03. The van der Waals surface area contributed by atoms with E-state index in [1.54, 1.807) is 24.3 Å². The van der Waals surface area contributed by atoms with Crippen molar-refractivity contribution in [1.82, 2.24) is 10.2 Å². The molecule has 226 valence electrons. The molecule has 0 spiro atoms. The number of rotatable bonds is 8. The summed E-state index contributed by atoms with van der Waals surface area (Å²) >= 11 is 0. The monoisotopic (exact) mass is 612 g/mol. The van der Waals surface area contributed by atoms with Crippen LogP contribution in [-0.4, -0.2) is 22.0 Å². The molecule has 0 saturated heterocycles. The minimum atomic E-state index is -0.121. The topological polar surface area (TPSA) is 105 Å². The number of hydrogen-bond acceptors (Lipinski definition) is 7. The molecule has 7 rings (SSSR count). The molecular weight excluding hydrogens is 584 g/mol. The van der Waals surface area contributed by atoms with Gasteiger partial charge >= 0.3 is 0 Å². The SMILES string of the molecule is N=C(OC(=N)c1ccc(-c2ccccc2)cc1)c1ccc(Oc2ccc(-c3nnc(-c4ccc(-c5ccccc5)cc4)o3)cc2)cc1. The van der Waals surface area contributed by atoms with Crippen molar-refractivity contribution in [3.05, 3.63) is 169 Å². The Morgan fingerprint density at radius 1 is 0.404 bits per heavy atom. The van der Waals surface area contributed by atoms with Gasteiger partial charge in [-0.25, -0.2) is 0 Å². The maximum atomic E-state index is 8.36. The van der Waals surface area contributed by atoms with Crippen molar-refractivity contribution < 1.29 is 13.9 Å². The van der Waals surface area contributed by atoms with Crippen molar-refractivity contribution >= 4 is 11.8 Å². The average molecular weight is 613 g/mol. The molecule has 7 aromatic rings. The van der Waals surface area contributed by atoms with Crippen LogP contribution in [0.25, 0.3) is 45.2 Å². The summed E-state index contributed by atoms with van der Waals surface area (Å²) in [6.07, 6.45) is 0. The van der Waals surface area contributed by atoms with E-state index in [-0.39, 0.29) is 11.8 Å². The summed E-state index contributed by atoms with van der Waals surface area (Å²) in [4.78, 5) is 0. The maximum Gasteiger partial charge on any atom is 0.248 e. The van der Waals surface area contributed by atoms with Crippen molar-refractivity contribution in [3.8, 4) is 56.7 Å². The second-order valence-corrected chi connectivity index (χ2v) is 10.7. The molecule has 0 aliphatic carbocycles. The van der Waals surface area contributed by atoms with Gasteiger partial charge in [-0.1, -0.05) is 84.9 Å². The molecule has 0 aliphatic heterocycles. The van der Waals surface area contributed by atoms with Crippen molar-refractivity contribution in [3.63, 3.8) is 0 Å². The highest BCUT2D eigenvalue weighted by Gasteiger charge is 2.13. The van der Waals surface area contributed by atoms with Crippen molar-refractivity contribution in [2.75, 3.05) is 0 Å². The van der Waals surface area contributed by atoms with Crippen LogP contribution in [0.4, 0.5) is 0 Å². The number of nitrogens with zero attached hydrogens (tertiary/aromatic N) is 2. The van der Waals surface area contributed by atoms with Gasteiger partial charge in [0.25, 0.3) is 0 Å². The molecule has 6 aromatic carbocycles. The summed E-state index contributed by atoms with van der Waals surface area (Å²) in [5.74, 6) is 1.88. The first-order valence-corrected chi connectivity index (χ1v) is 15.0. The van der Waals surface area contributed by atoms with Crippen molar-refractivity contribution in [1.29, 1.82) is 10.8 Å². The Morgan fingerprint density at radius 2 is 0.745 bits per heavy atom. The lowest BCUT2D eigenvalue weighted by atomic mass is 10.0. The summed E-state index contributed by atoms with van der Waals surface area (Å²) in [6.45, 7) is 0. The third kappa shape index (κ3) is 6.74. The Hall–Kier alpha value is -6.60. The fraction of sp³-hybridized carbons (Fsp3) is 0. The second kappa shape index (κ2) is 13.2. The highest BCUT2D eigenvalue weighted by atomic mass is 16.5. The zero-order chi connectivity index (χ0) is 32.0. The second-order valence-electron chi connectivity index (χ2n) is 10.7. The van der Waals surface area contributed by atoms with Gasteiger partial charge in [0, 0.05) is 22.3 Å². The molecule has 0 saturated carbocycles. The van der Waals surface area contributed by atoms with Gasteiger partial charge in [-0.3, -0.25) is 10.8 Å². The number of ether oxygens (including phenoxy) is 2. The smallest absolute Gasteiger partial charge is 0.248 e. The van der Waals surface area contributed by atoms with Crippen LogP contribution in [0.5, 0.6) is 11.5 Å². The van der Waals surface area contributed by atoms with E-state index in [4.69, 9.17) is 24.7 Å². The Morgan fingerprint density at radius 3 is 1.21 bits per heavy atom. The number of aromatic nitrogens is 2. The number of nitrogens with one attached hydrogen (secondary N) is 2. The minimum Gasteiger partial charge on any atom is -0.457 e. The Bertz CT molecular complexity index is 2120. The zero-order valence-electron chi connectivity index (χ0n) is 25.1. The van der Waals surface area contributed by atoms with Crippen LogP contribution in [0.1, 0.15) is 11.1 Å². The first kappa shape index (κ1) is 29.1. The number of hydrogen-bond donors (Lipinski definition) is 2. The normalized spacial score (nSPS) is 10.7. The Kier molecular flexibility index (Phi) is 8.17. The molecule has 2 N–H and O–H groups in total. The molecule has 0 amide bonds. The first-order chi connectivity index (χ1) is 23.1. The third-order valence-corrected chi connectivity index (χ3v) is 7.58. The quantitative estimate of drug-likeness (QED) is 0.131. The summed E-state index contributed by atoms with van der Waals surface area (Å²) in [5, 5.41) is 25.2. The standard InChI is InChI=1S/C40H28N4O3/c41-37(31-15-11-29(12-16-31)27-7-3-1-4-8-27)46-38(42)32-19-23-35(24-20-32)45-36-25-21-34(22-26-36)40-44-43-39(47-40)33-17-13-30(14-18-33)28-9-5-2-6-10-28/h1-26,41-42H. The van der Waals surface area contributed by atoms with Crippen LogP contribution in [0.2, 0.25) is 0 Å². The van der Waals surface area contributed by atoms with E-state index >= 15 is 0 Å². The van der Waals surface area contributed by atoms with Crippen molar-refractivity contribution in [2.45, 2.75) is 0 Å². The average Bonchev–Trinajstić information content (AvgIpc) is 3.64. The van der Waals surface area contributed by atoms with Gasteiger partial charge in [-0.15, -0.1) is 10.2 Å². The van der Waals surface area contributed by atoms with E-state index < -0.39 is 0 Å². The van der Waals surface area contributed by atoms with Crippen LogP contribution in [0.15, 0.2) is 162 Å². The van der Waals surface area contributed by atoms with Crippen LogP contribution in [-0.2, 0) is 4.74 Å². The minimum absolute atomic E-state index is 0.0932. The highest BCUT2D eigenvalue weighted by Crippen LogP contribution is 2.29. The van der Waals surface area contributed by atoms with Crippen LogP contribution in [0, 0.1) is 10.8 Å². The van der Waals surface area contributed by atoms with Gasteiger partial charge in [-0.2, -0.15) is 0 Å². The molecule has 1 aromatic heterocycles. The van der Waals surface area contributed by atoms with E-state index in [0.29, 0.717) is 34.4 Å². The molecule has 0 atom stereocenters. The lowest BCUT2D eigenvalue weighted by Crippen LogP contribution is -2.12.